The van der Waals surface area contributed by atoms with Gasteiger partial charge in [0.15, 0.2) is 0 Å². The summed E-state index contributed by atoms with van der Waals surface area (Å²) in [6.45, 7) is 2.24. The molecule has 3 heteroatoms. The second kappa shape index (κ2) is 5.77. The molecule has 88 valence electrons. The highest BCUT2D eigenvalue weighted by molar-refractivity contribution is 5.88. The molecular formula is C13H18O3. The first kappa shape index (κ1) is 12.9. The maximum atomic E-state index is 11.9. The smallest absolute Gasteiger partial charge is 0.145 e. The summed E-state index contributed by atoms with van der Waals surface area (Å²) in [4.78, 5) is 11.9. The molecule has 16 heavy (non-hydrogen) atoms. The Balaban J connectivity index is 3.15. The van der Waals surface area contributed by atoms with Crippen LogP contribution in [0.25, 0.3) is 0 Å². The Morgan fingerprint density at radius 2 is 1.62 bits per heavy atom. The van der Waals surface area contributed by atoms with E-state index in [1.54, 1.807) is 21.1 Å². The number of hydrogen-bond acceptors (Lipinski definition) is 3. The predicted octanol–water partition coefficient (Wildman–Crippen LogP) is 1.81. The van der Waals surface area contributed by atoms with Crippen molar-refractivity contribution in [1.29, 1.82) is 0 Å². The number of rotatable bonds is 6. The molecule has 0 aliphatic heterocycles. The van der Waals surface area contributed by atoms with Gasteiger partial charge in [0.2, 0.25) is 0 Å². The van der Waals surface area contributed by atoms with Crippen molar-refractivity contribution in [3.05, 3.63) is 35.9 Å². The van der Waals surface area contributed by atoms with Gasteiger partial charge in [-0.2, -0.15) is 0 Å². The van der Waals surface area contributed by atoms with E-state index in [1.807, 2.05) is 30.3 Å². The van der Waals surface area contributed by atoms with Crippen molar-refractivity contribution in [3.63, 3.8) is 0 Å². The number of carbonyl (C=O) groups is 1. The van der Waals surface area contributed by atoms with Crippen LogP contribution >= 0.6 is 0 Å². The van der Waals surface area contributed by atoms with E-state index in [0.29, 0.717) is 13.2 Å². The molecule has 1 aromatic carbocycles. The Labute approximate surface area is 96.4 Å². The second-order valence-corrected chi connectivity index (χ2v) is 3.87. The molecule has 0 N–H and O–H groups in total. The molecule has 0 bridgehead atoms. The van der Waals surface area contributed by atoms with Gasteiger partial charge in [-0.05, 0) is 12.5 Å². The summed E-state index contributed by atoms with van der Waals surface area (Å²) in [7, 11) is 3.19. The Morgan fingerprint density at radius 3 is 2.00 bits per heavy atom. The van der Waals surface area contributed by atoms with Gasteiger partial charge in [-0.15, -0.1) is 0 Å². The molecule has 1 aromatic rings. The van der Waals surface area contributed by atoms with Crippen LogP contribution < -0.4 is 0 Å². The predicted molar refractivity (Wildman–Crippen MR) is 62.6 cm³/mol. The zero-order valence-electron chi connectivity index (χ0n) is 10.0. The van der Waals surface area contributed by atoms with Gasteiger partial charge < -0.3 is 9.47 Å². The average molecular weight is 222 g/mol. The molecule has 0 aliphatic rings. The lowest BCUT2D eigenvalue weighted by Crippen LogP contribution is -2.43. The summed E-state index contributed by atoms with van der Waals surface area (Å²) in [5.41, 5.74) is 0.247. The Kier molecular flexibility index (Phi) is 4.65. The summed E-state index contributed by atoms with van der Waals surface area (Å²) in [6, 6.07) is 9.61. The van der Waals surface area contributed by atoms with Crippen molar-refractivity contribution in [1.82, 2.24) is 0 Å². The minimum absolute atomic E-state index is 0.0578. The van der Waals surface area contributed by atoms with E-state index in [-0.39, 0.29) is 5.78 Å². The maximum Gasteiger partial charge on any atom is 0.145 e. The van der Waals surface area contributed by atoms with E-state index >= 15 is 0 Å². The number of hydrogen-bond donors (Lipinski definition) is 0. The van der Waals surface area contributed by atoms with Crippen molar-refractivity contribution in [2.45, 2.75) is 12.3 Å². The summed E-state index contributed by atoms with van der Waals surface area (Å²) in [5, 5.41) is 0. The van der Waals surface area contributed by atoms with Crippen LogP contribution in [0.15, 0.2) is 30.3 Å². The van der Waals surface area contributed by atoms with Gasteiger partial charge in [-0.25, -0.2) is 0 Å². The van der Waals surface area contributed by atoms with Crippen molar-refractivity contribution in [2.24, 2.45) is 0 Å². The maximum absolute atomic E-state index is 11.9. The molecule has 0 aliphatic carbocycles. The highest BCUT2D eigenvalue weighted by Crippen LogP contribution is 2.26. The SMILES string of the molecule is COCC(COC)(C(C)=O)c1ccccc1. The first-order valence-corrected chi connectivity index (χ1v) is 5.22. The monoisotopic (exact) mass is 222 g/mol. The van der Waals surface area contributed by atoms with Gasteiger partial charge in [-0.3, -0.25) is 4.79 Å². The van der Waals surface area contributed by atoms with Crippen LogP contribution in [0.3, 0.4) is 0 Å². The number of benzene rings is 1. The van der Waals surface area contributed by atoms with Crippen LogP contribution in [0.2, 0.25) is 0 Å². The molecule has 0 saturated carbocycles. The number of Topliss-reactive ketones (excluding diaryl/α,β-unsaturated/α-hetero) is 1. The topological polar surface area (TPSA) is 35.5 Å². The molecule has 0 heterocycles. The molecule has 0 saturated heterocycles. The zero-order chi connectivity index (χ0) is 12.0. The third kappa shape index (κ3) is 2.49. The summed E-state index contributed by atoms with van der Waals surface area (Å²) < 4.78 is 10.3. The van der Waals surface area contributed by atoms with Crippen LogP contribution in [0.1, 0.15) is 12.5 Å². The quantitative estimate of drug-likeness (QED) is 0.736. The molecule has 0 atom stereocenters. The van der Waals surface area contributed by atoms with Gasteiger partial charge >= 0.3 is 0 Å². The van der Waals surface area contributed by atoms with E-state index in [0.717, 1.165) is 5.56 Å². The van der Waals surface area contributed by atoms with Gasteiger partial charge in [0.05, 0.1) is 13.2 Å². The molecule has 1 rings (SSSR count). The average Bonchev–Trinajstić information content (AvgIpc) is 2.29. The van der Waals surface area contributed by atoms with E-state index < -0.39 is 5.41 Å². The number of carbonyl (C=O) groups excluding carboxylic acids is 1. The van der Waals surface area contributed by atoms with Gasteiger partial charge in [0, 0.05) is 14.2 Å². The molecule has 0 fully saturated rings. The van der Waals surface area contributed by atoms with Gasteiger partial charge in [-0.1, -0.05) is 30.3 Å². The number of ketones is 1. The van der Waals surface area contributed by atoms with Gasteiger partial charge in [0.1, 0.15) is 11.2 Å². The lowest BCUT2D eigenvalue weighted by Gasteiger charge is -2.30. The van der Waals surface area contributed by atoms with E-state index in [9.17, 15) is 4.79 Å². The fourth-order valence-electron chi connectivity index (χ4n) is 1.86. The normalized spacial score (nSPS) is 11.4. The van der Waals surface area contributed by atoms with Crippen LogP contribution in [-0.2, 0) is 19.7 Å². The summed E-state index contributed by atoms with van der Waals surface area (Å²) in [6.07, 6.45) is 0. The van der Waals surface area contributed by atoms with Crippen molar-refractivity contribution in [3.8, 4) is 0 Å². The van der Waals surface area contributed by atoms with Crippen LogP contribution in [0.5, 0.6) is 0 Å². The summed E-state index contributed by atoms with van der Waals surface area (Å²) >= 11 is 0. The minimum Gasteiger partial charge on any atom is -0.383 e. The fourth-order valence-corrected chi connectivity index (χ4v) is 1.86. The third-order valence-corrected chi connectivity index (χ3v) is 2.78. The Morgan fingerprint density at radius 1 is 1.12 bits per heavy atom. The first-order valence-electron chi connectivity index (χ1n) is 5.22. The van der Waals surface area contributed by atoms with Crippen LogP contribution in [0.4, 0.5) is 0 Å². The van der Waals surface area contributed by atoms with Crippen LogP contribution in [-0.4, -0.2) is 33.2 Å². The standard InChI is InChI=1S/C13H18O3/c1-11(14)13(9-15-2,10-16-3)12-7-5-4-6-8-12/h4-8H,9-10H2,1-3H3. The molecule has 0 radical (unpaired) electrons. The zero-order valence-corrected chi connectivity index (χ0v) is 10.0. The molecule has 0 unspecified atom stereocenters. The molecule has 3 nitrogen and oxygen atoms in total. The van der Waals surface area contributed by atoms with Gasteiger partial charge in [0.25, 0.3) is 0 Å². The fraction of sp³-hybridized carbons (Fsp3) is 0.462. The highest BCUT2D eigenvalue weighted by atomic mass is 16.5. The summed E-state index contributed by atoms with van der Waals surface area (Å²) in [5.74, 6) is 0.0578. The largest absolute Gasteiger partial charge is 0.383 e. The molecule has 0 aromatic heterocycles. The Bertz CT molecular complexity index is 326. The van der Waals surface area contributed by atoms with E-state index in [1.165, 1.54) is 0 Å². The Hall–Kier alpha value is -1.19. The van der Waals surface area contributed by atoms with E-state index in [2.05, 4.69) is 0 Å². The van der Waals surface area contributed by atoms with Crippen LogP contribution in [0, 0.1) is 0 Å². The van der Waals surface area contributed by atoms with Crippen molar-refractivity contribution >= 4 is 5.78 Å². The second-order valence-electron chi connectivity index (χ2n) is 3.87. The number of ether oxygens (including phenoxy) is 2. The third-order valence-electron chi connectivity index (χ3n) is 2.78. The number of methoxy groups -OCH3 is 2. The molecule has 0 spiro atoms. The first-order chi connectivity index (χ1) is 7.67. The lowest BCUT2D eigenvalue weighted by atomic mass is 9.78. The molecular weight excluding hydrogens is 204 g/mol. The van der Waals surface area contributed by atoms with E-state index in [4.69, 9.17) is 9.47 Å². The lowest BCUT2D eigenvalue weighted by molar-refractivity contribution is -0.126. The minimum atomic E-state index is -0.690. The van der Waals surface area contributed by atoms with Crippen molar-refractivity contribution < 1.29 is 14.3 Å². The van der Waals surface area contributed by atoms with Crippen molar-refractivity contribution in [2.75, 3.05) is 27.4 Å². The molecule has 0 amide bonds. The highest BCUT2D eigenvalue weighted by Gasteiger charge is 2.37.